The molecule has 0 spiro atoms. The van der Waals surface area contributed by atoms with Gasteiger partial charge in [0.1, 0.15) is 0 Å². The molecule has 6 heteroatoms. The van der Waals surface area contributed by atoms with Crippen molar-refractivity contribution in [1.29, 1.82) is 0 Å². The number of halogens is 1. The molecule has 1 aliphatic heterocycles. The third kappa shape index (κ3) is 4.80. The van der Waals surface area contributed by atoms with Gasteiger partial charge in [-0.15, -0.1) is 12.4 Å². The molecule has 1 heterocycles. The van der Waals surface area contributed by atoms with Crippen LogP contribution in [-0.4, -0.2) is 40.3 Å². The molecule has 0 radical (unpaired) electrons. The van der Waals surface area contributed by atoms with E-state index < -0.39 is 10.8 Å². The average molecular weight is 269 g/mol. The third-order valence-electron chi connectivity index (χ3n) is 2.42. The summed E-state index contributed by atoms with van der Waals surface area (Å²) in [6, 6.07) is 0. The standard InChI is InChI=1S/C10H20N2O2S.ClH/c1-10(2,3)15(14)5-4-12-9(13)8-6-11-7-8;/h8,11H,4-7H2,1-3H3,(H,12,13);1H. The van der Waals surface area contributed by atoms with E-state index >= 15 is 0 Å². The van der Waals surface area contributed by atoms with Crippen molar-refractivity contribution in [3.63, 3.8) is 0 Å². The van der Waals surface area contributed by atoms with Gasteiger partial charge in [-0.3, -0.25) is 9.00 Å². The molecule has 4 nitrogen and oxygen atoms in total. The first-order valence-corrected chi connectivity index (χ1v) is 6.60. The molecular formula is C10H21ClN2O2S. The van der Waals surface area contributed by atoms with Gasteiger partial charge in [-0.05, 0) is 20.8 Å². The van der Waals surface area contributed by atoms with Gasteiger partial charge in [0.25, 0.3) is 0 Å². The summed E-state index contributed by atoms with van der Waals surface area (Å²) >= 11 is 0. The Bertz CT molecular complexity index is 262. The number of hydrogen-bond acceptors (Lipinski definition) is 3. The quantitative estimate of drug-likeness (QED) is 0.771. The van der Waals surface area contributed by atoms with Crippen LogP contribution in [0, 0.1) is 5.92 Å². The Labute approximate surface area is 106 Å². The minimum atomic E-state index is -0.881. The van der Waals surface area contributed by atoms with Gasteiger partial charge in [-0.2, -0.15) is 0 Å². The summed E-state index contributed by atoms with van der Waals surface area (Å²) in [6.45, 7) is 7.89. The molecule has 1 amide bonds. The molecule has 1 aliphatic rings. The molecule has 2 N–H and O–H groups in total. The minimum Gasteiger partial charge on any atom is -0.355 e. The zero-order chi connectivity index (χ0) is 11.5. The van der Waals surface area contributed by atoms with Crippen LogP contribution in [-0.2, 0) is 15.6 Å². The van der Waals surface area contributed by atoms with Gasteiger partial charge in [0, 0.05) is 40.9 Å². The van der Waals surface area contributed by atoms with Gasteiger partial charge >= 0.3 is 0 Å². The Morgan fingerprint density at radius 1 is 1.44 bits per heavy atom. The molecule has 0 aromatic heterocycles. The summed E-state index contributed by atoms with van der Waals surface area (Å²) in [5.41, 5.74) is 0. The SMILES string of the molecule is CC(C)(C)S(=O)CCNC(=O)C1CNC1.Cl. The Morgan fingerprint density at radius 3 is 2.38 bits per heavy atom. The molecule has 0 aliphatic carbocycles. The second kappa shape index (κ2) is 6.57. The van der Waals surface area contributed by atoms with Gasteiger partial charge < -0.3 is 10.6 Å². The molecular weight excluding hydrogens is 248 g/mol. The van der Waals surface area contributed by atoms with E-state index in [9.17, 15) is 9.00 Å². The lowest BCUT2D eigenvalue weighted by Crippen LogP contribution is -2.51. The largest absolute Gasteiger partial charge is 0.355 e. The van der Waals surface area contributed by atoms with E-state index in [0.717, 1.165) is 13.1 Å². The molecule has 0 bridgehead atoms. The van der Waals surface area contributed by atoms with Gasteiger partial charge in [0.05, 0.1) is 5.92 Å². The molecule has 1 unspecified atom stereocenters. The van der Waals surface area contributed by atoms with Gasteiger partial charge in [0.15, 0.2) is 0 Å². The Balaban J connectivity index is 0.00000225. The lowest BCUT2D eigenvalue weighted by atomic mass is 10.0. The Morgan fingerprint density at radius 2 is 2.00 bits per heavy atom. The van der Waals surface area contributed by atoms with E-state index in [2.05, 4.69) is 10.6 Å². The number of carbonyl (C=O) groups is 1. The molecule has 0 aromatic rings. The molecule has 96 valence electrons. The monoisotopic (exact) mass is 268 g/mol. The third-order valence-corrected chi connectivity index (χ3v) is 4.36. The highest BCUT2D eigenvalue weighted by Crippen LogP contribution is 2.10. The van der Waals surface area contributed by atoms with E-state index in [1.165, 1.54) is 0 Å². The number of amides is 1. The van der Waals surface area contributed by atoms with Crippen LogP contribution < -0.4 is 10.6 Å². The van der Waals surface area contributed by atoms with Crippen molar-refractivity contribution >= 4 is 29.1 Å². The smallest absolute Gasteiger partial charge is 0.225 e. The summed E-state index contributed by atoms with van der Waals surface area (Å²) in [4.78, 5) is 11.4. The highest BCUT2D eigenvalue weighted by Gasteiger charge is 2.25. The van der Waals surface area contributed by atoms with Crippen molar-refractivity contribution in [3.05, 3.63) is 0 Å². The fourth-order valence-corrected chi connectivity index (χ4v) is 2.09. The highest BCUT2D eigenvalue weighted by atomic mass is 35.5. The minimum absolute atomic E-state index is 0. The van der Waals surface area contributed by atoms with Crippen molar-refractivity contribution in [2.75, 3.05) is 25.4 Å². The molecule has 16 heavy (non-hydrogen) atoms. The Hall–Kier alpha value is -0.130. The van der Waals surface area contributed by atoms with E-state index in [1.807, 2.05) is 20.8 Å². The molecule has 0 saturated carbocycles. The summed E-state index contributed by atoms with van der Waals surface area (Å²) in [5, 5.41) is 5.86. The van der Waals surface area contributed by atoms with Gasteiger partial charge in [-0.1, -0.05) is 0 Å². The number of nitrogens with one attached hydrogen (secondary N) is 2. The molecule has 1 saturated heterocycles. The van der Waals surface area contributed by atoms with E-state index in [0.29, 0.717) is 12.3 Å². The summed E-state index contributed by atoms with van der Waals surface area (Å²) in [7, 11) is -0.881. The maximum absolute atomic E-state index is 11.6. The van der Waals surface area contributed by atoms with Crippen LogP contribution in [0.3, 0.4) is 0 Å². The van der Waals surface area contributed by atoms with Crippen LogP contribution in [0.5, 0.6) is 0 Å². The normalized spacial score (nSPS) is 18.2. The van der Waals surface area contributed by atoms with E-state index in [-0.39, 0.29) is 29.0 Å². The average Bonchev–Trinajstić information content (AvgIpc) is 1.98. The summed E-state index contributed by atoms with van der Waals surface area (Å²) in [5.74, 6) is 0.739. The van der Waals surface area contributed by atoms with Crippen molar-refractivity contribution in [1.82, 2.24) is 10.6 Å². The van der Waals surface area contributed by atoms with Gasteiger partial charge in [0.2, 0.25) is 5.91 Å². The zero-order valence-electron chi connectivity index (χ0n) is 10.0. The first-order chi connectivity index (χ1) is 6.91. The van der Waals surface area contributed by atoms with Crippen LogP contribution in [0.15, 0.2) is 0 Å². The number of hydrogen-bond donors (Lipinski definition) is 2. The van der Waals surface area contributed by atoms with Crippen LogP contribution in [0.2, 0.25) is 0 Å². The van der Waals surface area contributed by atoms with Gasteiger partial charge in [-0.25, -0.2) is 0 Å². The van der Waals surface area contributed by atoms with E-state index in [4.69, 9.17) is 0 Å². The maximum atomic E-state index is 11.6. The van der Waals surface area contributed by atoms with Crippen LogP contribution in [0.1, 0.15) is 20.8 Å². The molecule has 0 aromatic carbocycles. The lowest BCUT2D eigenvalue weighted by molar-refractivity contribution is -0.126. The predicted molar refractivity (Wildman–Crippen MR) is 69.4 cm³/mol. The van der Waals surface area contributed by atoms with Crippen LogP contribution in [0.25, 0.3) is 0 Å². The zero-order valence-corrected chi connectivity index (χ0v) is 11.7. The van der Waals surface area contributed by atoms with Crippen molar-refractivity contribution < 1.29 is 9.00 Å². The predicted octanol–water partition coefficient (Wildman–Crippen LogP) is 0.291. The summed E-state index contributed by atoms with van der Waals surface area (Å²) in [6.07, 6.45) is 0. The first kappa shape index (κ1) is 15.9. The fourth-order valence-electron chi connectivity index (χ4n) is 1.19. The van der Waals surface area contributed by atoms with Crippen LogP contribution in [0.4, 0.5) is 0 Å². The topological polar surface area (TPSA) is 58.2 Å². The second-order valence-corrected chi connectivity index (χ2v) is 7.13. The van der Waals surface area contributed by atoms with Crippen molar-refractivity contribution in [2.45, 2.75) is 25.5 Å². The molecule has 1 atom stereocenters. The molecule has 1 fully saturated rings. The number of rotatable bonds is 4. The summed E-state index contributed by atoms with van der Waals surface area (Å²) < 4.78 is 11.5. The van der Waals surface area contributed by atoms with Crippen molar-refractivity contribution in [3.8, 4) is 0 Å². The van der Waals surface area contributed by atoms with Crippen molar-refractivity contribution in [2.24, 2.45) is 5.92 Å². The maximum Gasteiger partial charge on any atom is 0.225 e. The number of carbonyl (C=O) groups excluding carboxylic acids is 1. The lowest BCUT2D eigenvalue weighted by Gasteiger charge is -2.26. The van der Waals surface area contributed by atoms with Crippen LogP contribution >= 0.6 is 12.4 Å². The molecule has 1 rings (SSSR count). The fraction of sp³-hybridized carbons (Fsp3) is 0.900. The van der Waals surface area contributed by atoms with E-state index in [1.54, 1.807) is 0 Å². The second-order valence-electron chi connectivity index (χ2n) is 4.81. The first-order valence-electron chi connectivity index (χ1n) is 5.28. The Kier molecular flexibility index (Phi) is 6.51. The highest BCUT2D eigenvalue weighted by molar-refractivity contribution is 7.86.